The van der Waals surface area contributed by atoms with E-state index in [9.17, 15) is 10.1 Å². The van der Waals surface area contributed by atoms with E-state index in [1.54, 1.807) is 47.3 Å². The van der Waals surface area contributed by atoms with Crippen molar-refractivity contribution in [3.05, 3.63) is 65.3 Å². The first kappa shape index (κ1) is 14.0. The molecule has 1 aromatic carbocycles. The summed E-state index contributed by atoms with van der Waals surface area (Å²) in [6, 6.07) is 8.02. The highest BCUT2D eigenvalue weighted by Gasteiger charge is 2.19. The van der Waals surface area contributed by atoms with Crippen molar-refractivity contribution < 1.29 is 4.79 Å². The molecule has 3 aromatic rings. The van der Waals surface area contributed by atoms with E-state index in [1.165, 1.54) is 6.20 Å². The Balaban J connectivity index is 1.90. The van der Waals surface area contributed by atoms with Gasteiger partial charge in [-0.05, 0) is 17.7 Å². The first-order valence-corrected chi connectivity index (χ1v) is 6.80. The molecule has 0 fully saturated rings. The molecule has 0 aliphatic carbocycles. The largest absolute Gasteiger partial charge is 0.331 e. The molecule has 0 bridgehead atoms. The number of amides is 1. The van der Waals surface area contributed by atoms with Crippen LogP contribution in [0, 0.1) is 11.3 Å². The average Bonchev–Trinajstić information content (AvgIpc) is 3.00. The van der Waals surface area contributed by atoms with Crippen molar-refractivity contribution in [3.8, 4) is 6.07 Å². The van der Waals surface area contributed by atoms with Crippen LogP contribution in [0.5, 0.6) is 0 Å². The molecule has 0 unspecified atom stereocenters. The third-order valence-electron chi connectivity index (χ3n) is 3.11. The van der Waals surface area contributed by atoms with Gasteiger partial charge in [0.25, 0.3) is 5.91 Å². The molecule has 6 nitrogen and oxygen atoms in total. The van der Waals surface area contributed by atoms with Gasteiger partial charge in [0.2, 0.25) is 0 Å². The SMILES string of the molecule is N#C[C@H](NC(=O)c1nccn2ccnc12)c1cccc(Cl)c1. The predicted molar refractivity (Wildman–Crippen MR) is 80.3 cm³/mol. The Morgan fingerprint density at radius 3 is 2.82 bits per heavy atom. The second-order valence-corrected chi connectivity index (χ2v) is 4.96. The van der Waals surface area contributed by atoms with Gasteiger partial charge in [-0.2, -0.15) is 5.26 Å². The number of imidazole rings is 1. The maximum absolute atomic E-state index is 12.4. The fraction of sp³-hybridized carbons (Fsp3) is 0.0667. The van der Waals surface area contributed by atoms with E-state index in [1.807, 2.05) is 6.07 Å². The number of nitriles is 1. The summed E-state index contributed by atoms with van der Waals surface area (Å²) >= 11 is 5.92. The highest BCUT2D eigenvalue weighted by Crippen LogP contribution is 2.18. The summed E-state index contributed by atoms with van der Waals surface area (Å²) < 4.78 is 1.68. The van der Waals surface area contributed by atoms with Crippen LogP contribution in [0.15, 0.2) is 49.1 Å². The third kappa shape index (κ3) is 2.62. The molecule has 0 aliphatic heterocycles. The highest BCUT2D eigenvalue weighted by atomic mass is 35.5. The van der Waals surface area contributed by atoms with Crippen LogP contribution in [0.3, 0.4) is 0 Å². The number of nitrogens with zero attached hydrogens (tertiary/aromatic N) is 4. The second-order valence-electron chi connectivity index (χ2n) is 4.52. The number of rotatable bonds is 3. The quantitative estimate of drug-likeness (QED) is 0.805. The van der Waals surface area contributed by atoms with Crippen molar-refractivity contribution in [1.82, 2.24) is 19.7 Å². The lowest BCUT2D eigenvalue weighted by atomic mass is 10.1. The van der Waals surface area contributed by atoms with Crippen LogP contribution in [-0.4, -0.2) is 20.3 Å². The van der Waals surface area contributed by atoms with E-state index in [0.29, 0.717) is 16.2 Å². The normalized spacial score (nSPS) is 11.8. The molecular weight excluding hydrogens is 302 g/mol. The van der Waals surface area contributed by atoms with Gasteiger partial charge >= 0.3 is 0 Å². The zero-order chi connectivity index (χ0) is 15.5. The van der Waals surface area contributed by atoms with Gasteiger partial charge in [0.15, 0.2) is 11.3 Å². The average molecular weight is 312 g/mol. The lowest BCUT2D eigenvalue weighted by Gasteiger charge is -2.12. The van der Waals surface area contributed by atoms with E-state index >= 15 is 0 Å². The van der Waals surface area contributed by atoms with Gasteiger partial charge in [0.1, 0.15) is 6.04 Å². The van der Waals surface area contributed by atoms with Crippen LogP contribution in [0.25, 0.3) is 5.65 Å². The summed E-state index contributed by atoms with van der Waals surface area (Å²) in [6.45, 7) is 0. The zero-order valence-electron chi connectivity index (χ0n) is 11.3. The molecule has 22 heavy (non-hydrogen) atoms. The van der Waals surface area contributed by atoms with Gasteiger partial charge in [0.05, 0.1) is 6.07 Å². The Kier molecular flexibility index (Phi) is 3.73. The minimum absolute atomic E-state index is 0.162. The molecule has 1 amide bonds. The standard InChI is InChI=1S/C15H10ClN5O/c16-11-3-1-2-10(8-11)12(9-17)20-15(22)13-14-19-5-7-21(14)6-4-18-13/h1-8,12H,(H,20,22)/t12-/m0/s1. The summed E-state index contributed by atoms with van der Waals surface area (Å²) in [7, 11) is 0. The molecule has 0 radical (unpaired) electrons. The summed E-state index contributed by atoms with van der Waals surface area (Å²) in [5.74, 6) is -0.469. The van der Waals surface area contributed by atoms with Gasteiger partial charge in [-0.1, -0.05) is 23.7 Å². The van der Waals surface area contributed by atoms with Crippen molar-refractivity contribution >= 4 is 23.2 Å². The number of benzene rings is 1. The van der Waals surface area contributed by atoms with Crippen molar-refractivity contribution in [3.63, 3.8) is 0 Å². The molecular formula is C15H10ClN5O. The summed E-state index contributed by atoms with van der Waals surface area (Å²) in [5.41, 5.74) is 1.20. The van der Waals surface area contributed by atoms with Crippen LogP contribution in [-0.2, 0) is 0 Å². The number of hydrogen-bond donors (Lipinski definition) is 1. The highest BCUT2D eigenvalue weighted by molar-refractivity contribution is 6.30. The van der Waals surface area contributed by atoms with Crippen molar-refractivity contribution in [2.75, 3.05) is 0 Å². The van der Waals surface area contributed by atoms with Gasteiger partial charge in [-0.25, -0.2) is 9.97 Å². The predicted octanol–water partition coefficient (Wildman–Crippen LogP) is 2.38. The minimum Gasteiger partial charge on any atom is -0.331 e. The van der Waals surface area contributed by atoms with Gasteiger partial charge in [-0.15, -0.1) is 0 Å². The Labute approximate surface area is 131 Å². The molecule has 2 heterocycles. The molecule has 2 aromatic heterocycles. The topological polar surface area (TPSA) is 83.1 Å². The number of carbonyl (C=O) groups excluding carboxylic acids is 1. The van der Waals surface area contributed by atoms with Crippen LogP contribution in [0.1, 0.15) is 22.1 Å². The molecule has 108 valence electrons. The smallest absolute Gasteiger partial charge is 0.275 e. The molecule has 1 atom stereocenters. The monoisotopic (exact) mass is 311 g/mol. The lowest BCUT2D eigenvalue weighted by molar-refractivity contribution is 0.0941. The Hall–Kier alpha value is -2.91. The number of aromatic nitrogens is 3. The zero-order valence-corrected chi connectivity index (χ0v) is 12.0. The first-order valence-electron chi connectivity index (χ1n) is 6.42. The molecule has 0 spiro atoms. The number of fused-ring (bicyclic) bond motifs is 1. The van der Waals surface area contributed by atoms with Gasteiger partial charge in [-0.3, -0.25) is 4.79 Å². The fourth-order valence-electron chi connectivity index (χ4n) is 2.09. The molecule has 7 heteroatoms. The number of carbonyl (C=O) groups is 1. The van der Waals surface area contributed by atoms with E-state index < -0.39 is 11.9 Å². The van der Waals surface area contributed by atoms with Gasteiger partial charge < -0.3 is 9.72 Å². The third-order valence-corrected chi connectivity index (χ3v) is 3.35. The van der Waals surface area contributed by atoms with Crippen molar-refractivity contribution in [2.24, 2.45) is 0 Å². The van der Waals surface area contributed by atoms with E-state index in [0.717, 1.165) is 0 Å². The van der Waals surface area contributed by atoms with Crippen molar-refractivity contribution in [2.45, 2.75) is 6.04 Å². The van der Waals surface area contributed by atoms with E-state index in [2.05, 4.69) is 15.3 Å². The van der Waals surface area contributed by atoms with Crippen LogP contribution in [0.2, 0.25) is 5.02 Å². The second kappa shape index (κ2) is 5.84. The van der Waals surface area contributed by atoms with E-state index in [-0.39, 0.29) is 5.69 Å². The maximum Gasteiger partial charge on any atom is 0.275 e. The summed E-state index contributed by atoms with van der Waals surface area (Å²) in [5, 5.41) is 12.4. The number of nitrogens with one attached hydrogen (secondary N) is 1. The fourth-order valence-corrected chi connectivity index (χ4v) is 2.29. The molecule has 0 aliphatic rings. The van der Waals surface area contributed by atoms with Crippen LogP contribution < -0.4 is 5.32 Å². The Bertz CT molecular complexity index is 883. The lowest BCUT2D eigenvalue weighted by Crippen LogP contribution is -2.28. The van der Waals surface area contributed by atoms with E-state index in [4.69, 9.17) is 11.6 Å². The van der Waals surface area contributed by atoms with Crippen LogP contribution >= 0.6 is 11.6 Å². The van der Waals surface area contributed by atoms with Gasteiger partial charge in [0, 0.05) is 29.8 Å². The molecule has 0 saturated carbocycles. The number of halogens is 1. The summed E-state index contributed by atoms with van der Waals surface area (Å²) in [6.07, 6.45) is 6.49. The molecule has 3 rings (SSSR count). The molecule has 0 saturated heterocycles. The van der Waals surface area contributed by atoms with Crippen LogP contribution in [0.4, 0.5) is 0 Å². The Morgan fingerprint density at radius 1 is 1.32 bits per heavy atom. The Morgan fingerprint density at radius 2 is 2.09 bits per heavy atom. The molecule has 1 N–H and O–H groups in total. The maximum atomic E-state index is 12.4. The van der Waals surface area contributed by atoms with Crippen molar-refractivity contribution in [1.29, 1.82) is 5.26 Å². The first-order chi connectivity index (χ1) is 10.7. The summed E-state index contributed by atoms with van der Waals surface area (Å²) in [4.78, 5) is 20.5. The number of hydrogen-bond acceptors (Lipinski definition) is 4. The minimum atomic E-state index is -0.816.